The van der Waals surface area contributed by atoms with Gasteiger partial charge in [0.05, 0.1) is 0 Å². The van der Waals surface area contributed by atoms with Crippen LogP contribution in [0.2, 0.25) is 0 Å². The molecule has 1 aliphatic heterocycles. The van der Waals surface area contributed by atoms with Crippen molar-refractivity contribution in [2.75, 3.05) is 31.1 Å². The van der Waals surface area contributed by atoms with Gasteiger partial charge in [-0.3, -0.25) is 9.69 Å². The Hall–Kier alpha value is -2.98. The topological polar surface area (TPSA) is 36.4 Å². The summed E-state index contributed by atoms with van der Waals surface area (Å²) in [4.78, 5) is 20.0. The second kappa shape index (κ2) is 9.68. The molecular weight excluding hydrogens is 370 g/mol. The highest BCUT2D eigenvalue weighted by Crippen LogP contribution is 2.41. The monoisotopic (exact) mass is 399 g/mol. The zero-order valence-corrected chi connectivity index (χ0v) is 17.4. The van der Waals surface area contributed by atoms with E-state index in [-0.39, 0.29) is 5.41 Å². The number of carbonyl (C=O) groups is 1. The molecule has 1 aliphatic rings. The summed E-state index contributed by atoms with van der Waals surface area (Å²) < 4.78 is 0. The lowest BCUT2D eigenvalue weighted by Crippen LogP contribution is -2.44. The summed E-state index contributed by atoms with van der Waals surface area (Å²) in [5.41, 5.74) is 2.92. The molecule has 2 heterocycles. The van der Waals surface area contributed by atoms with Gasteiger partial charge in [0.1, 0.15) is 5.82 Å². The lowest BCUT2D eigenvalue weighted by Gasteiger charge is -2.43. The van der Waals surface area contributed by atoms with Gasteiger partial charge in [-0.1, -0.05) is 66.7 Å². The summed E-state index contributed by atoms with van der Waals surface area (Å²) in [5, 5.41) is 0. The summed E-state index contributed by atoms with van der Waals surface area (Å²) in [5.74, 6) is 0.721. The van der Waals surface area contributed by atoms with Gasteiger partial charge >= 0.3 is 0 Å². The van der Waals surface area contributed by atoms with Crippen LogP contribution in [0.4, 0.5) is 5.82 Å². The molecule has 0 bridgehead atoms. The molecule has 0 unspecified atom stereocenters. The number of amides is 1. The molecule has 4 nitrogen and oxygen atoms in total. The molecule has 154 valence electrons. The number of benzene rings is 2. The first-order valence-electron chi connectivity index (χ1n) is 10.8. The molecule has 0 aliphatic carbocycles. The van der Waals surface area contributed by atoms with Gasteiger partial charge < -0.3 is 4.90 Å². The number of nitrogens with zero attached hydrogens (tertiary/aromatic N) is 3. The number of rotatable bonds is 8. The summed E-state index contributed by atoms with van der Waals surface area (Å²) in [7, 11) is 0. The van der Waals surface area contributed by atoms with E-state index in [1.54, 1.807) is 11.1 Å². The molecule has 1 saturated heterocycles. The predicted octanol–water partition coefficient (Wildman–Crippen LogP) is 4.52. The van der Waals surface area contributed by atoms with E-state index in [4.69, 9.17) is 0 Å². The first kappa shape index (κ1) is 20.3. The zero-order chi connectivity index (χ0) is 20.7. The maximum atomic E-state index is 11.5. The lowest BCUT2D eigenvalue weighted by molar-refractivity contribution is -0.107. The van der Waals surface area contributed by atoms with Crippen molar-refractivity contribution in [2.24, 2.45) is 0 Å². The van der Waals surface area contributed by atoms with Crippen LogP contribution < -0.4 is 4.90 Å². The van der Waals surface area contributed by atoms with Crippen molar-refractivity contribution >= 4 is 12.2 Å². The third-order valence-corrected chi connectivity index (χ3v) is 6.31. The van der Waals surface area contributed by atoms with E-state index in [1.165, 1.54) is 11.1 Å². The van der Waals surface area contributed by atoms with Gasteiger partial charge in [-0.05, 0) is 62.2 Å². The van der Waals surface area contributed by atoms with E-state index >= 15 is 0 Å². The van der Waals surface area contributed by atoms with E-state index in [1.807, 2.05) is 18.2 Å². The molecule has 30 heavy (non-hydrogen) atoms. The van der Waals surface area contributed by atoms with Crippen LogP contribution in [0.25, 0.3) is 0 Å². The molecule has 0 saturated carbocycles. The molecular formula is C26H29N3O. The van der Waals surface area contributed by atoms with E-state index in [2.05, 4.69) is 70.5 Å². The molecule has 1 amide bonds. The Kier molecular flexibility index (Phi) is 6.55. The van der Waals surface area contributed by atoms with Crippen molar-refractivity contribution in [1.82, 2.24) is 9.88 Å². The van der Waals surface area contributed by atoms with Crippen molar-refractivity contribution < 1.29 is 4.79 Å². The SMILES string of the molecule is O=CN(CCCN1CCC(c2ccccc2)(c2ccccc2)CC1)c1ccccn1. The van der Waals surface area contributed by atoms with Gasteiger partial charge in [0.25, 0.3) is 0 Å². The molecule has 1 aromatic heterocycles. The van der Waals surface area contributed by atoms with Crippen LogP contribution >= 0.6 is 0 Å². The third kappa shape index (κ3) is 4.44. The molecule has 0 N–H and O–H groups in total. The predicted molar refractivity (Wildman–Crippen MR) is 122 cm³/mol. The highest BCUT2D eigenvalue weighted by atomic mass is 16.1. The first-order chi connectivity index (χ1) is 14.8. The maximum absolute atomic E-state index is 11.5. The minimum Gasteiger partial charge on any atom is -0.303 e. The number of likely N-dealkylation sites (tertiary alicyclic amines) is 1. The smallest absolute Gasteiger partial charge is 0.215 e. The minimum absolute atomic E-state index is 0.0851. The molecule has 4 rings (SSSR count). The van der Waals surface area contributed by atoms with E-state index in [0.29, 0.717) is 6.54 Å². The van der Waals surface area contributed by atoms with Gasteiger partial charge in [0.15, 0.2) is 0 Å². The molecule has 0 atom stereocenters. The Bertz CT molecular complexity index is 865. The van der Waals surface area contributed by atoms with Crippen LogP contribution in [0.5, 0.6) is 0 Å². The van der Waals surface area contributed by atoms with Crippen LogP contribution in [0.15, 0.2) is 85.1 Å². The van der Waals surface area contributed by atoms with E-state index < -0.39 is 0 Å². The van der Waals surface area contributed by atoms with E-state index in [9.17, 15) is 4.79 Å². The average Bonchev–Trinajstić information content (AvgIpc) is 2.84. The molecule has 0 radical (unpaired) electrons. The Labute approximate surface area is 179 Å². The van der Waals surface area contributed by atoms with Gasteiger partial charge in [-0.15, -0.1) is 0 Å². The normalized spacial score (nSPS) is 16.1. The zero-order valence-electron chi connectivity index (χ0n) is 17.4. The van der Waals surface area contributed by atoms with Crippen LogP contribution in [-0.4, -0.2) is 42.5 Å². The fourth-order valence-corrected chi connectivity index (χ4v) is 4.63. The highest BCUT2D eigenvalue weighted by Gasteiger charge is 2.37. The minimum atomic E-state index is 0.0851. The Morgan fingerprint density at radius 2 is 1.47 bits per heavy atom. The van der Waals surface area contributed by atoms with Crippen LogP contribution in [-0.2, 0) is 10.2 Å². The van der Waals surface area contributed by atoms with Gasteiger partial charge in [-0.2, -0.15) is 0 Å². The van der Waals surface area contributed by atoms with Crippen LogP contribution in [0, 0.1) is 0 Å². The molecule has 2 aromatic carbocycles. The third-order valence-electron chi connectivity index (χ3n) is 6.31. The Balaban J connectivity index is 1.38. The van der Waals surface area contributed by atoms with E-state index in [0.717, 1.165) is 51.1 Å². The second-order valence-electron chi connectivity index (χ2n) is 8.00. The Morgan fingerprint density at radius 1 is 0.867 bits per heavy atom. The summed E-state index contributed by atoms with van der Waals surface area (Å²) in [6.45, 7) is 3.82. The average molecular weight is 400 g/mol. The number of hydrogen-bond donors (Lipinski definition) is 0. The summed E-state index contributed by atoms with van der Waals surface area (Å²) in [6, 6.07) is 27.6. The molecule has 0 spiro atoms. The van der Waals surface area contributed by atoms with Gasteiger partial charge in [0, 0.05) is 18.2 Å². The standard InChI is InChI=1S/C26H29N3O/c30-22-29(25-14-7-8-17-27-25)19-9-18-28-20-15-26(16-21-28,23-10-3-1-4-11-23)24-12-5-2-6-13-24/h1-8,10-14,17,22H,9,15-16,18-21H2. The van der Waals surface area contributed by atoms with Gasteiger partial charge in [-0.25, -0.2) is 4.98 Å². The van der Waals surface area contributed by atoms with Crippen LogP contribution in [0.3, 0.4) is 0 Å². The summed E-state index contributed by atoms with van der Waals surface area (Å²) >= 11 is 0. The van der Waals surface area contributed by atoms with Gasteiger partial charge in [0.2, 0.25) is 6.41 Å². The fourth-order valence-electron chi connectivity index (χ4n) is 4.63. The maximum Gasteiger partial charge on any atom is 0.215 e. The summed E-state index contributed by atoms with van der Waals surface area (Å²) in [6.07, 6.45) is 5.77. The quantitative estimate of drug-likeness (QED) is 0.523. The van der Waals surface area contributed by atoms with Crippen molar-refractivity contribution in [2.45, 2.75) is 24.7 Å². The van der Waals surface area contributed by atoms with Crippen molar-refractivity contribution in [1.29, 1.82) is 0 Å². The Morgan fingerprint density at radius 3 is 2.00 bits per heavy atom. The van der Waals surface area contributed by atoms with Crippen molar-refractivity contribution in [3.8, 4) is 0 Å². The van der Waals surface area contributed by atoms with Crippen LogP contribution in [0.1, 0.15) is 30.4 Å². The highest BCUT2D eigenvalue weighted by molar-refractivity contribution is 5.72. The first-order valence-corrected chi connectivity index (χ1v) is 10.8. The number of hydrogen-bond acceptors (Lipinski definition) is 3. The lowest BCUT2D eigenvalue weighted by atomic mass is 9.68. The van der Waals surface area contributed by atoms with Crippen molar-refractivity contribution in [3.63, 3.8) is 0 Å². The number of piperidine rings is 1. The molecule has 1 fully saturated rings. The number of carbonyl (C=O) groups excluding carboxylic acids is 1. The molecule has 3 aromatic rings. The van der Waals surface area contributed by atoms with Crippen molar-refractivity contribution in [3.05, 3.63) is 96.2 Å². The largest absolute Gasteiger partial charge is 0.303 e. The number of pyridine rings is 1. The fraction of sp³-hybridized carbons (Fsp3) is 0.308. The number of aromatic nitrogens is 1. The number of anilines is 1. The second-order valence-corrected chi connectivity index (χ2v) is 8.00. The molecule has 4 heteroatoms.